The smallest absolute Gasteiger partial charge is 0.230 e. The van der Waals surface area contributed by atoms with Crippen LogP contribution in [0.2, 0.25) is 0 Å². The Hall–Kier alpha value is -1.88. The molecular formula is C12H13N3O2. The van der Waals surface area contributed by atoms with Crippen molar-refractivity contribution in [1.29, 1.82) is 0 Å². The fraction of sp³-hybridized carbons (Fsp3) is 0.333. The number of para-hydroxylation sites is 1. The van der Waals surface area contributed by atoms with Crippen molar-refractivity contribution >= 4 is 0 Å². The van der Waals surface area contributed by atoms with Crippen LogP contribution < -0.4 is 10.1 Å². The van der Waals surface area contributed by atoms with Gasteiger partial charge in [-0.2, -0.15) is 0 Å². The second kappa shape index (κ2) is 4.18. The third-order valence-corrected chi connectivity index (χ3v) is 2.81. The average molecular weight is 231 g/mol. The van der Waals surface area contributed by atoms with E-state index in [0.717, 1.165) is 11.3 Å². The highest BCUT2D eigenvalue weighted by molar-refractivity contribution is 5.42. The van der Waals surface area contributed by atoms with Crippen molar-refractivity contribution in [2.45, 2.75) is 12.5 Å². The third-order valence-electron chi connectivity index (χ3n) is 2.81. The first-order valence-electron chi connectivity index (χ1n) is 5.57. The van der Waals surface area contributed by atoms with Gasteiger partial charge in [0, 0.05) is 5.56 Å². The fourth-order valence-corrected chi connectivity index (χ4v) is 2.00. The lowest BCUT2D eigenvalue weighted by molar-refractivity contribution is 0.320. The van der Waals surface area contributed by atoms with E-state index in [0.29, 0.717) is 24.9 Å². The van der Waals surface area contributed by atoms with Gasteiger partial charge in [0.1, 0.15) is 12.4 Å². The van der Waals surface area contributed by atoms with E-state index in [1.165, 1.54) is 0 Å². The lowest BCUT2D eigenvalue weighted by atomic mass is 10.0. The first-order chi connectivity index (χ1) is 8.38. The zero-order valence-electron chi connectivity index (χ0n) is 9.51. The molecule has 1 aromatic heterocycles. The first kappa shape index (κ1) is 10.3. The maximum absolute atomic E-state index is 5.60. The highest BCUT2D eigenvalue weighted by Gasteiger charge is 2.29. The summed E-state index contributed by atoms with van der Waals surface area (Å²) in [6.07, 6.45) is 0. The van der Waals surface area contributed by atoms with Crippen LogP contribution >= 0.6 is 0 Å². The van der Waals surface area contributed by atoms with Gasteiger partial charge in [0.25, 0.3) is 0 Å². The maximum atomic E-state index is 5.60. The number of hydrogen-bond donors (Lipinski definition) is 1. The second-order valence-electron chi connectivity index (χ2n) is 3.97. The van der Waals surface area contributed by atoms with Crippen LogP contribution in [0.1, 0.15) is 23.3 Å². The molecule has 0 aliphatic carbocycles. The lowest BCUT2D eigenvalue weighted by Gasteiger charge is -2.01. The van der Waals surface area contributed by atoms with Gasteiger partial charge in [-0.3, -0.25) is 0 Å². The summed E-state index contributed by atoms with van der Waals surface area (Å²) in [5, 5.41) is 11.0. The molecule has 2 aromatic rings. The molecule has 5 heteroatoms. The van der Waals surface area contributed by atoms with Gasteiger partial charge in [0.2, 0.25) is 11.8 Å². The van der Waals surface area contributed by atoms with Crippen LogP contribution in [0, 0.1) is 0 Å². The molecule has 17 heavy (non-hydrogen) atoms. The molecule has 2 heterocycles. The number of nitrogens with one attached hydrogen (secondary N) is 1. The largest absolute Gasteiger partial charge is 0.492 e. The Labute approximate surface area is 98.8 Å². The van der Waals surface area contributed by atoms with E-state index in [4.69, 9.17) is 9.15 Å². The monoisotopic (exact) mass is 231 g/mol. The molecule has 88 valence electrons. The van der Waals surface area contributed by atoms with Crippen LogP contribution in [0.25, 0.3) is 0 Å². The molecule has 5 nitrogen and oxygen atoms in total. The molecule has 1 N–H and O–H groups in total. The van der Waals surface area contributed by atoms with Crippen molar-refractivity contribution in [3.63, 3.8) is 0 Å². The van der Waals surface area contributed by atoms with Crippen molar-refractivity contribution in [1.82, 2.24) is 15.5 Å². The molecule has 1 aromatic carbocycles. The number of ether oxygens (including phenoxy) is 1. The SMILES string of the molecule is CNCc1nnc(C2COc3ccccc32)o1. The van der Waals surface area contributed by atoms with Gasteiger partial charge in [-0.05, 0) is 13.1 Å². The summed E-state index contributed by atoms with van der Waals surface area (Å²) in [4.78, 5) is 0. The topological polar surface area (TPSA) is 60.2 Å². The molecule has 0 amide bonds. The molecule has 1 unspecified atom stereocenters. The first-order valence-corrected chi connectivity index (χ1v) is 5.57. The van der Waals surface area contributed by atoms with Crippen LogP contribution in [0.3, 0.4) is 0 Å². The van der Waals surface area contributed by atoms with Gasteiger partial charge in [-0.1, -0.05) is 18.2 Å². The summed E-state index contributed by atoms with van der Waals surface area (Å²) < 4.78 is 11.2. The quantitative estimate of drug-likeness (QED) is 0.863. The van der Waals surface area contributed by atoms with E-state index in [2.05, 4.69) is 15.5 Å². The molecule has 0 bridgehead atoms. The zero-order valence-corrected chi connectivity index (χ0v) is 9.51. The number of benzene rings is 1. The van der Waals surface area contributed by atoms with Gasteiger partial charge in [-0.15, -0.1) is 10.2 Å². The van der Waals surface area contributed by atoms with E-state index in [1.54, 1.807) is 0 Å². The predicted octanol–water partition coefficient (Wildman–Crippen LogP) is 1.31. The van der Waals surface area contributed by atoms with E-state index >= 15 is 0 Å². The van der Waals surface area contributed by atoms with Gasteiger partial charge >= 0.3 is 0 Å². The molecule has 3 rings (SSSR count). The summed E-state index contributed by atoms with van der Waals surface area (Å²) >= 11 is 0. The second-order valence-corrected chi connectivity index (χ2v) is 3.97. The molecular weight excluding hydrogens is 218 g/mol. The summed E-state index contributed by atoms with van der Waals surface area (Å²) in [7, 11) is 1.85. The summed E-state index contributed by atoms with van der Waals surface area (Å²) in [6.45, 7) is 1.16. The fourth-order valence-electron chi connectivity index (χ4n) is 2.00. The van der Waals surface area contributed by atoms with Gasteiger partial charge < -0.3 is 14.5 Å². The number of rotatable bonds is 3. The van der Waals surface area contributed by atoms with Crippen LogP contribution in [0.4, 0.5) is 0 Å². The number of nitrogens with zero attached hydrogens (tertiary/aromatic N) is 2. The molecule has 0 saturated heterocycles. The predicted molar refractivity (Wildman–Crippen MR) is 60.8 cm³/mol. The highest BCUT2D eigenvalue weighted by atomic mass is 16.5. The molecule has 0 radical (unpaired) electrons. The van der Waals surface area contributed by atoms with Gasteiger partial charge in [-0.25, -0.2) is 0 Å². The number of aromatic nitrogens is 2. The number of hydrogen-bond acceptors (Lipinski definition) is 5. The Morgan fingerprint density at radius 3 is 3.12 bits per heavy atom. The Morgan fingerprint density at radius 1 is 1.35 bits per heavy atom. The zero-order chi connectivity index (χ0) is 11.7. The minimum absolute atomic E-state index is 0.0595. The Kier molecular flexibility index (Phi) is 2.53. The van der Waals surface area contributed by atoms with E-state index in [9.17, 15) is 0 Å². The lowest BCUT2D eigenvalue weighted by Crippen LogP contribution is -2.05. The van der Waals surface area contributed by atoms with Crippen molar-refractivity contribution in [2.75, 3.05) is 13.7 Å². The van der Waals surface area contributed by atoms with Crippen molar-refractivity contribution in [3.8, 4) is 5.75 Å². The van der Waals surface area contributed by atoms with Gasteiger partial charge in [0.15, 0.2) is 0 Å². The third kappa shape index (κ3) is 1.78. The highest BCUT2D eigenvalue weighted by Crippen LogP contribution is 2.36. The molecule has 1 aliphatic heterocycles. The standard InChI is InChI=1S/C12H13N3O2/c1-13-6-11-14-15-12(17-11)9-7-16-10-5-3-2-4-8(9)10/h2-5,9,13H,6-7H2,1H3. The Balaban J connectivity index is 1.90. The molecule has 0 spiro atoms. The number of fused-ring (bicyclic) bond motifs is 1. The van der Waals surface area contributed by atoms with Gasteiger partial charge in [0.05, 0.1) is 12.5 Å². The minimum atomic E-state index is 0.0595. The van der Waals surface area contributed by atoms with E-state index in [1.807, 2.05) is 31.3 Å². The minimum Gasteiger partial charge on any atom is -0.492 e. The molecule has 0 fully saturated rings. The Bertz CT molecular complexity index is 524. The molecule has 0 saturated carbocycles. The summed E-state index contributed by atoms with van der Waals surface area (Å²) in [5.41, 5.74) is 1.12. The van der Waals surface area contributed by atoms with Crippen molar-refractivity contribution in [3.05, 3.63) is 41.6 Å². The Morgan fingerprint density at radius 2 is 2.24 bits per heavy atom. The van der Waals surface area contributed by atoms with Crippen molar-refractivity contribution < 1.29 is 9.15 Å². The summed E-state index contributed by atoms with van der Waals surface area (Å²) in [6, 6.07) is 7.95. The normalized spacial score (nSPS) is 17.8. The maximum Gasteiger partial charge on any atom is 0.230 e. The molecule has 1 atom stereocenters. The van der Waals surface area contributed by atoms with E-state index < -0.39 is 0 Å². The van der Waals surface area contributed by atoms with Crippen LogP contribution in [0.15, 0.2) is 28.7 Å². The van der Waals surface area contributed by atoms with Crippen LogP contribution in [-0.4, -0.2) is 23.9 Å². The molecule has 1 aliphatic rings. The van der Waals surface area contributed by atoms with Crippen LogP contribution in [0.5, 0.6) is 5.75 Å². The van der Waals surface area contributed by atoms with Crippen LogP contribution in [-0.2, 0) is 6.54 Å². The van der Waals surface area contributed by atoms with E-state index in [-0.39, 0.29) is 5.92 Å². The summed E-state index contributed by atoms with van der Waals surface area (Å²) in [5.74, 6) is 2.20. The average Bonchev–Trinajstić information content (AvgIpc) is 2.95. The van der Waals surface area contributed by atoms with Crippen molar-refractivity contribution in [2.24, 2.45) is 0 Å².